The Labute approximate surface area is 88.2 Å². The maximum atomic E-state index is 12.2. The van der Waals surface area contributed by atoms with Gasteiger partial charge in [0, 0.05) is 6.54 Å². The lowest BCUT2D eigenvalue weighted by Gasteiger charge is -2.04. The summed E-state index contributed by atoms with van der Waals surface area (Å²) in [6.45, 7) is 2.34. The predicted octanol–water partition coefficient (Wildman–Crippen LogP) is 2.50. The zero-order valence-corrected chi connectivity index (χ0v) is 9.09. The van der Waals surface area contributed by atoms with Crippen molar-refractivity contribution in [3.8, 4) is 0 Å². The fourth-order valence-electron chi connectivity index (χ4n) is 1.09. The molecule has 0 radical (unpaired) electrons. The van der Waals surface area contributed by atoms with Crippen molar-refractivity contribution in [1.82, 2.24) is 9.78 Å². The zero-order chi connectivity index (χ0) is 10.7. The van der Waals surface area contributed by atoms with Crippen LogP contribution >= 0.6 is 15.9 Å². The lowest BCUT2D eigenvalue weighted by molar-refractivity contribution is 0.0665. The molecule has 1 aromatic rings. The van der Waals surface area contributed by atoms with Gasteiger partial charge in [0.25, 0.3) is 0 Å². The molecule has 0 saturated heterocycles. The van der Waals surface area contributed by atoms with E-state index in [9.17, 15) is 13.6 Å². The van der Waals surface area contributed by atoms with Gasteiger partial charge in [-0.05, 0) is 22.4 Å². The minimum absolute atomic E-state index is 0.0538. The van der Waals surface area contributed by atoms with Gasteiger partial charge in [-0.25, -0.2) is 8.78 Å². The van der Waals surface area contributed by atoms with Crippen LogP contribution in [0, 0.1) is 0 Å². The minimum Gasteiger partial charge on any atom is -0.286 e. The molecule has 0 saturated carbocycles. The Hall–Kier alpha value is -0.780. The van der Waals surface area contributed by atoms with Crippen molar-refractivity contribution in [3.05, 3.63) is 16.4 Å². The molecule has 6 heteroatoms. The highest BCUT2D eigenvalue weighted by molar-refractivity contribution is 9.10. The molecular formula is C8H9BrF2N2O. The van der Waals surface area contributed by atoms with E-state index in [1.54, 1.807) is 0 Å². The second-order valence-electron chi connectivity index (χ2n) is 2.73. The molecule has 0 aliphatic rings. The third-order valence-corrected chi connectivity index (χ3v) is 2.24. The van der Waals surface area contributed by atoms with E-state index in [4.69, 9.17) is 0 Å². The lowest BCUT2D eigenvalue weighted by Crippen LogP contribution is -2.17. The van der Waals surface area contributed by atoms with Crippen molar-refractivity contribution in [1.29, 1.82) is 0 Å². The second-order valence-corrected chi connectivity index (χ2v) is 3.58. The van der Waals surface area contributed by atoms with E-state index in [2.05, 4.69) is 21.0 Å². The van der Waals surface area contributed by atoms with Gasteiger partial charge in [-0.1, -0.05) is 6.92 Å². The number of halogens is 3. The molecule has 1 heterocycles. The zero-order valence-electron chi connectivity index (χ0n) is 7.51. The molecule has 0 aliphatic heterocycles. The van der Waals surface area contributed by atoms with E-state index in [-0.39, 0.29) is 5.69 Å². The molecule has 0 fully saturated rings. The fourth-order valence-corrected chi connectivity index (χ4v) is 1.58. The number of aromatic nitrogens is 2. The van der Waals surface area contributed by atoms with Crippen LogP contribution in [-0.4, -0.2) is 22.0 Å². The van der Waals surface area contributed by atoms with E-state index in [1.807, 2.05) is 6.92 Å². The Bertz CT molecular complexity index is 338. The highest BCUT2D eigenvalue weighted by Crippen LogP contribution is 2.19. The Morgan fingerprint density at radius 1 is 1.71 bits per heavy atom. The maximum absolute atomic E-state index is 12.2. The average molecular weight is 267 g/mol. The number of ketones is 1. The third-order valence-electron chi connectivity index (χ3n) is 1.66. The fraction of sp³-hybridized carbons (Fsp3) is 0.500. The molecule has 0 aliphatic carbocycles. The largest absolute Gasteiger partial charge is 0.302 e. The number of hydrogen-bond donors (Lipinski definition) is 0. The van der Waals surface area contributed by atoms with E-state index >= 15 is 0 Å². The Balaban J connectivity index is 3.04. The van der Waals surface area contributed by atoms with Crippen LogP contribution in [0.1, 0.15) is 23.8 Å². The molecule has 0 spiro atoms. The van der Waals surface area contributed by atoms with Crippen molar-refractivity contribution in [3.63, 3.8) is 0 Å². The smallest absolute Gasteiger partial charge is 0.286 e. The van der Waals surface area contributed by atoms with Crippen molar-refractivity contribution in [2.24, 2.45) is 0 Å². The van der Waals surface area contributed by atoms with E-state index in [0.29, 0.717) is 11.0 Å². The first-order valence-electron chi connectivity index (χ1n) is 4.11. The molecule has 0 aromatic carbocycles. The molecule has 0 unspecified atom stereocenters. The van der Waals surface area contributed by atoms with Crippen molar-refractivity contribution >= 4 is 21.7 Å². The van der Waals surface area contributed by atoms with Crippen LogP contribution in [-0.2, 0) is 6.54 Å². The summed E-state index contributed by atoms with van der Waals surface area (Å²) in [5.74, 6) is -1.19. The summed E-state index contributed by atoms with van der Waals surface area (Å²) in [6.07, 6.45) is -0.901. The molecule has 1 aromatic heterocycles. The number of Topliss-reactive ketones (excluding diaryl/α,β-unsaturated/α-hetero) is 1. The average Bonchev–Trinajstić information content (AvgIpc) is 2.47. The van der Waals surface area contributed by atoms with Gasteiger partial charge in [0.05, 0.1) is 10.7 Å². The molecular weight excluding hydrogens is 258 g/mol. The summed E-state index contributed by atoms with van der Waals surface area (Å²) in [4.78, 5) is 11.1. The van der Waals surface area contributed by atoms with Crippen LogP contribution in [0.3, 0.4) is 0 Å². The summed E-state index contributed by atoms with van der Waals surface area (Å²) >= 11 is 3.02. The van der Waals surface area contributed by atoms with Crippen LogP contribution < -0.4 is 0 Å². The Morgan fingerprint density at radius 3 is 2.86 bits per heavy atom. The van der Waals surface area contributed by atoms with Gasteiger partial charge in [0.15, 0.2) is 0 Å². The summed E-state index contributed by atoms with van der Waals surface area (Å²) in [7, 11) is 0. The number of hydrogen-bond acceptors (Lipinski definition) is 2. The van der Waals surface area contributed by atoms with Crippen molar-refractivity contribution in [2.75, 3.05) is 0 Å². The van der Waals surface area contributed by atoms with Gasteiger partial charge in [-0.2, -0.15) is 5.10 Å². The maximum Gasteiger partial charge on any atom is 0.302 e. The number of carbonyl (C=O) groups is 1. The number of carbonyl (C=O) groups excluding carboxylic acids is 1. The first kappa shape index (κ1) is 11.3. The van der Waals surface area contributed by atoms with Crippen LogP contribution in [0.4, 0.5) is 8.78 Å². The van der Waals surface area contributed by atoms with Gasteiger partial charge in [0.1, 0.15) is 5.69 Å². The van der Waals surface area contributed by atoms with Crippen LogP contribution in [0.5, 0.6) is 0 Å². The minimum atomic E-state index is -2.99. The number of rotatable bonds is 4. The third kappa shape index (κ3) is 2.17. The summed E-state index contributed by atoms with van der Waals surface area (Å²) in [6, 6.07) is 0. The van der Waals surface area contributed by atoms with Crippen molar-refractivity contribution in [2.45, 2.75) is 26.3 Å². The van der Waals surface area contributed by atoms with Gasteiger partial charge in [-0.3, -0.25) is 9.48 Å². The molecule has 0 amide bonds. The van der Waals surface area contributed by atoms with Gasteiger partial charge < -0.3 is 0 Å². The monoisotopic (exact) mass is 266 g/mol. The Kier molecular flexibility index (Phi) is 3.74. The summed E-state index contributed by atoms with van der Waals surface area (Å²) < 4.78 is 26.0. The van der Waals surface area contributed by atoms with Gasteiger partial charge in [-0.15, -0.1) is 0 Å². The molecule has 78 valence electrons. The van der Waals surface area contributed by atoms with Gasteiger partial charge in [0.2, 0.25) is 5.78 Å². The lowest BCUT2D eigenvalue weighted by atomic mass is 10.3. The molecule has 0 atom stereocenters. The molecule has 1 rings (SSSR count). The van der Waals surface area contributed by atoms with Crippen LogP contribution in [0.2, 0.25) is 0 Å². The number of nitrogens with zero attached hydrogens (tertiary/aromatic N) is 2. The quantitative estimate of drug-likeness (QED) is 0.785. The van der Waals surface area contributed by atoms with Crippen LogP contribution in [0.15, 0.2) is 10.7 Å². The SMILES string of the molecule is CCCn1ncc(Br)c1C(=O)C(F)F. The standard InChI is InChI=1S/C8H9BrF2N2O/c1-2-3-13-6(5(9)4-12-13)7(14)8(10)11/h4,8H,2-3H2,1H3. The Morgan fingerprint density at radius 2 is 2.36 bits per heavy atom. The van der Waals surface area contributed by atoms with E-state index in [1.165, 1.54) is 10.9 Å². The highest BCUT2D eigenvalue weighted by atomic mass is 79.9. The topological polar surface area (TPSA) is 34.9 Å². The first-order valence-corrected chi connectivity index (χ1v) is 4.91. The number of aryl methyl sites for hydroxylation is 1. The van der Waals surface area contributed by atoms with E-state index < -0.39 is 12.2 Å². The second kappa shape index (κ2) is 4.63. The molecule has 14 heavy (non-hydrogen) atoms. The summed E-state index contributed by atoms with van der Waals surface area (Å²) in [5, 5.41) is 3.82. The summed E-state index contributed by atoms with van der Waals surface area (Å²) in [5.41, 5.74) is -0.0538. The molecule has 0 N–H and O–H groups in total. The molecule has 0 bridgehead atoms. The molecule has 3 nitrogen and oxygen atoms in total. The first-order chi connectivity index (χ1) is 6.57. The van der Waals surface area contributed by atoms with Gasteiger partial charge >= 0.3 is 6.43 Å². The normalized spacial score (nSPS) is 10.9. The van der Waals surface area contributed by atoms with E-state index in [0.717, 1.165) is 6.42 Å². The highest BCUT2D eigenvalue weighted by Gasteiger charge is 2.24. The van der Waals surface area contributed by atoms with Crippen molar-refractivity contribution < 1.29 is 13.6 Å². The predicted molar refractivity (Wildman–Crippen MR) is 50.6 cm³/mol. The number of alkyl halides is 2. The van der Waals surface area contributed by atoms with Crippen LogP contribution in [0.25, 0.3) is 0 Å².